The predicted molar refractivity (Wildman–Crippen MR) is 204 cm³/mol. The number of fused-ring (bicyclic) bond motifs is 13. The van der Waals surface area contributed by atoms with Crippen molar-refractivity contribution in [1.82, 2.24) is 0 Å². The molecule has 0 bridgehead atoms. The van der Waals surface area contributed by atoms with E-state index in [0.717, 1.165) is 39.8 Å². The second kappa shape index (κ2) is 10.2. The molecule has 3 heteroatoms. The van der Waals surface area contributed by atoms with Gasteiger partial charge >= 0.3 is 0 Å². The van der Waals surface area contributed by atoms with Crippen LogP contribution in [0, 0.1) is 0 Å². The summed E-state index contributed by atoms with van der Waals surface area (Å²) in [5.41, 5.74) is 13.5. The number of ether oxygens (including phenoxy) is 1. The molecule has 50 heavy (non-hydrogen) atoms. The second-order valence-electron chi connectivity index (χ2n) is 13.3. The van der Waals surface area contributed by atoms with Crippen LogP contribution in [0.2, 0.25) is 0 Å². The SMILES string of the molecule is c1ccc(N2c3ccccc3C3(c4ccccc4-c4c3ccc3c4Oc4ccccc4N3c3ccc4ccccc4c3)c3ccccc32)cc1. The van der Waals surface area contributed by atoms with E-state index < -0.39 is 5.41 Å². The molecule has 0 radical (unpaired) electrons. The van der Waals surface area contributed by atoms with Gasteiger partial charge in [0.25, 0.3) is 0 Å². The molecule has 1 spiro atoms. The molecule has 2 heterocycles. The average Bonchev–Trinajstić information content (AvgIpc) is 3.48. The smallest absolute Gasteiger partial charge is 0.159 e. The molecular weight excluding hydrogens is 609 g/mol. The van der Waals surface area contributed by atoms with Crippen LogP contribution in [0.25, 0.3) is 21.9 Å². The minimum Gasteiger partial charge on any atom is -0.452 e. The highest BCUT2D eigenvalue weighted by Crippen LogP contribution is 2.67. The summed E-state index contributed by atoms with van der Waals surface area (Å²) in [7, 11) is 0. The fourth-order valence-electron chi connectivity index (χ4n) is 8.85. The molecule has 1 aliphatic carbocycles. The molecule has 2 aliphatic heterocycles. The average molecular weight is 639 g/mol. The van der Waals surface area contributed by atoms with Crippen molar-refractivity contribution in [3.63, 3.8) is 0 Å². The van der Waals surface area contributed by atoms with Crippen LogP contribution in [0.5, 0.6) is 11.5 Å². The summed E-state index contributed by atoms with van der Waals surface area (Å²) in [6, 6.07) is 65.9. The van der Waals surface area contributed by atoms with Crippen LogP contribution in [0.15, 0.2) is 182 Å². The monoisotopic (exact) mass is 638 g/mol. The van der Waals surface area contributed by atoms with Gasteiger partial charge in [-0.2, -0.15) is 0 Å². The molecule has 8 aromatic rings. The van der Waals surface area contributed by atoms with Gasteiger partial charge in [0, 0.05) is 16.9 Å². The molecule has 0 aromatic heterocycles. The summed E-state index contributed by atoms with van der Waals surface area (Å²) in [5.74, 6) is 1.74. The Morgan fingerprint density at radius 3 is 1.76 bits per heavy atom. The van der Waals surface area contributed by atoms with Crippen LogP contribution >= 0.6 is 0 Å². The molecule has 0 atom stereocenters. The minimum absolute atomic E-state index is 0.548. The first-order valence-corrected chi connectivity index (χ1v) is 17.2. The molecule has 3 nitrogen and oxygen atoms in total. The molecule has 0 saturated carbocycles. The van der Waals surface area contributed by atoms with E-state index in [2.05, 4.69) is 192 Å². The summed E-state index contributed by atoms with van der Waals surface area (Å²) in [4.78, 5) is 4.79. The Morgan fingerprint density at radius 2 is 0.980 bits per heavy atom. The first kappa shape index (κ1) is 27.4. The van der Waals surface area contributed by atoms with Gasteiger partial charge in [0.05, 0.1) is 28.2 Å². The van der Waals surface area contributed by atoms with Crippen LogP contribution in [0.3, 0.4) is 0 Å². The molecule has 0 saturated heterocycles. The summed E-state index contributed by atoms with van der Waals surface area (Å²) >= 11 is 0. The molecule has 234 valence electrons. The number of hydrogen-bond acceptors (Lipinski definition) is 3. The lowest BCUT2D eigenvalue weighted by atomic mass is 9.64. The Morgan fingerprint density at radius 1 is 0.380 bits per heavy atom. The van der Waals surface area contributed by atoms with Crippen LogP contribution in [0.4, 0.5) is 34.1 Å². The van der Waals surface area contributed by atoms with Gasteiger partial charge in [-0.25, -0.2) is 0 Å². The lowest BCUT2D eigenvalue weighted by Crippen LogP contribution is -2.36. The van der Waals surface area contributed by atoms with E-state index in [1.54, 1.807) is 0 Å². The van der Waals surface area contributed by atoms with Crippen molar-refractivity contribution >= 4 is 44.9 Å². The summed E-state index contributed by atoms with van der Waals surface area (Å²) in [6.07, 6.45) is 0. The van der Waals surface area contributed by atoms with Gasteiger partial charge in [-0.15, -0.1) is 0 Å². The van der Waals surface area contributed by atoms with Gasteiger partial charge < -0.3 is 14.5 Å². The fourth-order valence-corrected chi connectivity index (χ4v) is 8.85. The third-order valence-corrected chi connectivity index (χ3v) is 10.8. The molecule has 8 aromatic carbocycles. The van der Waals surface area contributed by atoms with E-state index in [1.807, 2.05) is 0 Å². The van der Waals surface area contributed by atoms with E-state index >= 15 is 0 Å². The highest BCUT2D eigenvalue weighted by molar-refractivity contribution is 6.02. The highest BCUT2D eigenvalue weighted by atomic mass is 16.5. The lowest BCUT2D eigenvalue weighted by Gasteiger charge is -2.45. The Bertz CT molecular complexity index is 2610. The van der Waals surface area contributed by atoms with Crippen molar-refractivity contribution < 1.29 is 4.74 Å². The first-order chi connectivity index (χ1) is 24.8. The quantitative estimate of drug-likeness (QED) is 0.187. The van der Waals surface area contributed by atoms with Crippen molar-refractivity contribution in [3.8, 4) is 22.6 Å². The number of benzene rings is 8. The van der Waals surface area contributed by atoms with Crippen molar-refractivity contribution in [2.75, 3.05) is 9.80 Å². The van der Waals surface area contributed by atoms with Crippen molar-refractivity contribution in [2.24, 2.45) is 0 Å². The maximum absolute atomic E-state index is 7.06. The molecule has 0 amide bonds. The highest BCUT2D eigenvalue weighted by Gasteiger charge is 2.53. The van der Waals surface area contributed by atoms with Crippen LogP contribution in [-0.2, 0) is 5.41 Å². The molecular formula is C47H30N2O. The number of para-hydroxylation sites is 5. The van der Waals surface area contributed by atoms with Crippen LogP contribution < -0.4 is 14.5 Å². The van der Waals surface area contributed by atoms with Crippen molar-refractivity contribution in [2.45, 2.75) is 5.41 Å². The Labute approximate surface area is 290 Å². The zero-order chi connectivity index (χ0) is 32.8. The maximum Gasteiger partial charge on any atom is 0.159 e. The fraction of sp³-hybridized carbons (Fsp3) is 0.0213. The molecule has 0 unspecified atom stereocenters. The Hall–Kier alpha value is -6.58. The van der Waals surface area contributed by atoms with Gasteiger partial charge in [0.1, 0.15) is 0 Å². The Balaban J connectivity index is 1.22. The molecule has 11 rings (SSSR count). The van der Waals surface area contributed by atoms with E-state index in [4.69, 9.17) is 4.74 Å². The zero-order valence-corrected chi connectivity index (χ0v) is 27.1. The van der Waals surface area contributed by atoms with E-state index in [9.17, 15) is 0 Å². The lowest BCUT2D eigenvalue weighted by molar-refractivity contribution is 0.478. The van der Waals surface area contributed by atoms with Gasteiger partial charge in [0.15, 0.2) is 11.5 Å². The molecule has 0 fully saturated rings. The number of nitrogens with zero attached hydrogens (tertiary/aromatic N) is 2. The topological polar surface area (TPSA) is 15.7 Å². The van der Waals surface area contributed by atoms with E-state index in [1.165, 1.54) is 50.0 Å². The van der Waals surface area contributed by atoms with Crippen LogP contribution in [-0.4, -0.2) is 0 Å². The largest absolute Gasteiger partial charge is 0.452 e. The second-order valence-corrected chi connectivity index (χ2v) is 13.3. The van der Waals surface area contributed by atoms with Gasteiger partial charge in [0.2, 0.25) is 0 Å². The van der Waals surface area contributed by atoms with E-state index in [0.29, 0.717) is 0 Å². The van der Waals surface area contributed by atoms with Gasteiger partial charge in [-0.05, 0) is 93.2 Å². The third kappa shape index (κ3) is 3.53. The number of anilines is 6. The normalized spacial score (nSPS) is 14.2. The summed E-state index contributed by atoms with van der Waals surface area (Å²) in [5, 5.41) is 2.43. The van der Waals surface area contributed by atoms with Gasteiger partial charge in [-0.3, -0.25) is 0 Å². The summed E-state index contributed by atoms with van der Waals surface area (Å²) < 4.78 is 7.06. The Kier molecular flexibility index (Phi) is 5.59. The minimum atomic E-state index is -0.548. The zero-order valence-electron chi connectivity index (χ0n) is 27.1. The van der Waals surface area contributed by atoms with Crippen molar-refractivity contribution in [1.29, 1.82) is 0 Å². The molecule has 3 aliphatic rings. The summed E-state index contributed by atoms with van der Waals surface area (Å²) in [6.45, 7) is 0. The number of hydrogen-bond donors (Lipinski definition) is 0. The van der Waals surface area contributed by atoms with Crippen molar-refractivity contribution in [3.05, 3.63) is 204 Å². The molecule has 0 N–H and O–H groups in total. The van der Waals surface area contributed by atoms with E-state index in [-0.39, 0.29) is 0 Å². The maximum atomic E-state index is 7.06. The van der Waals surface area contributed by atoms with Crippen LogP contribution in [0.1, 0.15) is 22.3 Å². The van der Waals surface area contributed by atoms with Gasteiger partial charge in [-0.1, -0.05) is 127 Å². The predicted octanol–water partition coefficient (Wildman–Crippen LogP) is 12.6. The standard InChI is InChI=1S/C47H30N2O/c1-2-16-33(17-3-1)48-40-22-10-8-20-37(40)47(38-21-9-11-23-41(38)48)36-19-7-6-18-35(36)45-39(47)28-29-43-46(45)50-44-25-13-12-24-42(44)49(43)34-27-26-31-14-4-5-15-32(31)30-34/h1-30H. The third-order valence-electron chi connectivity index (χ3n) is 10.8. The first-order valence-electron chi connectivity index (χ1n) is 17.2. The number of rotatable bonds is 2.